The third kappa shape index (κ3) is 3.11. The average Bonchev–Trinajstić information content (AvgIpc) is 2.54. The van der Waals surface area contributed by atoms with E-state index in [2.05, 4.69) is 40.9 Å². The van der Waals surface area contributed by atoms with Gasteiger partial charge < -0.3 is 5.73 Å². The zero-order chi connectivity index (χ0) is 12.4. The Bertz CT molecular complexity index is 354. The van der Waals surface area contributed by atoms with Crippen LogP contribution >= 0.6 is 27.3 Å². The van der Waals surface area contributed by atoms with E-state index in [0.29, 0.717) is 12.6 Å². The van der Waals surface area contributed by atoms with Crippen LogP contribution in [0.4, 0.5) is 0 Å². The minimum absolute atomic E-state index is 0.380. The summed E-state index contributed by atoms with van der Waals surface area (Å²) in [4.78, 5) is 5.16. The molecule has 2 N–H and O–H groups in total. The molecule has 0 spiro atoms. The van der Waals surface area contributed by atoms with Gasteiger partial charge in [-0.25, -0.2) is 0 Å². The highest BCUT2D eigenvalue weighted by Gasteiger charge is 2.24. The van der Waals surface area contributed by atoms with Crippen LogP contribution in [-0.4, -0.2) is 25.0 Å². The molecule has 0 aliphatic heterocycles. The number of aryl methyl sites for hydroxylation is 1. The summed E-state index contributed by atoms with van der Waals surface area (Å²) >= 11 is 5.45. The van der Waals surface area contributed by atoms with Gasteiger partial charge in [0, 0.05) is 27.3 Å². The van der Waals surface area contributed by atoms with Crippen molar-refractivity contribution in [2.24, 2.45) is 11.7 Å². The fourth-order valence-corrected chi connectivity index (χ4v) is 4.11. The molecular weight excluding hydrogens is 296 g/mol. The molecule has 0 bridgehead atoms. The maximum atomic E-state index is 5.95. The minimum Gasteiger partial charge on any atom is -0.329 e. The number of nitrogens with zero attached hydrogens (tertiary/aromatic N) is 1. The van der Waals surface area contributed by atoms with Crippen LogP contribution < -0.4 is 5.73 Å². The van der Waals surface area contributed by atoms with Crippen molar-refractivity contribution in [1.29, 1.82) is 0 Å². The van der Waals surface area contributed by atoms with Crippen molar-refractivity contribution in [2.45, 2.75) is 32.2 Å². The molecule has 2 nitrogen and oxygen atoms in total. The van der Waals surface area contributed by atoms with Crippen molar-refractivity contribution in [1.82, 2.24) is 4.90 Å². The summed E-state index contributed by atoms with van der Waals surface area (Å²) in [5.74, 6) is 0.901. The van der Waals surface area contributed by atoms with E-state index in [4.69, 9.17) is 5.73 Å². The zero-order valence-corrected chi connectivity index (χ0v) is 13.0. The van der Waals surface area contributed by atoms with Crippen LogP contribution in [0.25, 0.3) is 0 Å². The van der Waals surface area contributed by atoms with E-state index in [9.17, 15) is 0 Å². The molecule has 0 radical (unpaired) electrons. The maximum absolute atomic E-state index is 5.95. The molecule has 4 heteroatoms. The van der Waals surface area contributed by atoms with Crippen molar-refractivity contribution in [3.63, 3.8) is 0 Å². The summed E-state index contributed by atoms with van der Waals surface area (Å²) in [7, 11) is 2.21. The summed E-state index contributed by atoms with van der Waals surface area (Å²) in [5.41, 5.74) is 5.95. The molecule has 1 aromatic rings. The number of halogens is 1. The number of hydrogen-bond acceptors (Lipinski definition) is 3. The van der Waals surface area contributed by atoms with Crippen LogP contribution in [0.5, 0.6) is 0 Å². The van der Waals surface area contributed by atoms with Crippen LogP contribution in [0.1, 0.15) is 35.1 Å². The molecule has 1 aromatic heterocycles. The Labute approximate surface area is 116 Å². The van der Waals surface area contributed by atoms with Gasteiger partial charge in [-0.2, -0.15) is 0 Å². The molecule has 1 heterocycles. The first-order valence-corrected chi connectivity index (χ1v) is 7.89. The Morgan fingerprint density at radius 1 is 1.59 bits per heavy atom. The first-order valence-electron chi connectivity index (χ1n) is 6.28. The lowest BCUT2D eigenvalue weighted by Gasteiger charge is -2.34. The Morgan fingerprint density at radius 2 is 2.29 bits per heavy atom. The highest BCUT2D eigenvalue weighted by Crippen LogP contribution is 2.34. The summed E-state index contributed by atoms with van der Waals surface area (Å²) in [5, 5.41) is 0. The van der Waals surface area contributed by atoms with Crippen LogP contribution in [0, 0.1) is 12.8 Å². The number of rotatable bonds is 5. The van der Waals surface area contributed by atoms with Gasteiger partial charge >= 0.3 is 0 Å². The van der Waals surface area contributed by atoms with Gasteiger partial charge in [0.1, 0.15) is 0 Å². The Hall–Kier alpha value is 0.100. The van der Waals surface area contributed by atoms with Crippen LogP contribution in [0.15, 0.2) is 10.5 Å². The molecule has 0 saturated heterocycles. The fourth-order valence-electron chi connectivity index (χ4n) is 2.37. The summed E-state index contributed by atoms with van der Waals surface area (Å²) in [6.07, 6.45) is 4.21. The lowest BCUT2D eigenvalue weighted by atomic mass is 9.85. The van der Waals surface area contributed by atoms with Gasteiger partial charge in [-0.05, 0) is 54.7 Å². The number of hydrogen-bond donors (Lipinski definition) is 1. The van der Waals surface area contributed by atoms with Crippen molar-refractivity contribution < 1.29 is 0 Å². The second-order valence-electron chi connectivity index (χ2n) is 5.04. The molecule has 0 amide bonds. The standard InChI is InChI=1S/C13H21BrN2S/c1-9-11(14)6-13(17-9)12(7-15)16(2)8-10-4-3-5-10/h6,10,12H,3-5,7-8,15H2,1-2H3. The predicted octanol–water partition coefficient (Wildman–Crippen LogP) is 3.55. The van der Waals surface area contributed by atoms with E-state index in [-0.39, 0.29) is 0 Å². The van der Waals surface area contributed by atoms with Gasteiger partial charge in [0.25, 0.3) is 0 Å². The van der Waals surface area contributed by atoms with E-state index in [0.717, 1.165) is 5.92 Å². The van der Waals surface area contributed by atoms with Gasteiger partial charge in [-0.3, -0.25) is 4.90 Å². The highest BCUT2D eigenvalue weighted by molar-refractivity contribution is 9.10. The van der Waals surface area contributed by atoms with Crippen LogP contribution in [0.3, 0.4) is 0 Å². The van der Waals surface area contributed by atoms with Crippen molar-refractivity contribution in [3.8, 4) is 0 Å². The SMILES string of the molecule is Cc1sc(C(CN)N(C)CC2CCC2)cc1Br. The average molecular weight is 317 g/mol. The maximum Gasteiger partial charge on any atom is 0.0562 e. The third-order valence-electron chi connectivity index (χ3n) is 3.73. The second-order valence-corrected chi connectivity index (χ2v) is 7.18. The molecule has 96 valence electrons. The Balaban J connectivity index is 2.03. The van der Waals surface area contributed by atoms with Crippen molar-refractivity contribution >= 4 is 27.3 Å². The Kier molecular flexibility index (Phi) is 4.64. The quantitative estimate of drug-likeness (QED) is 0.900. The molecular formula is C13H21BrN2S. The number of thiophene rings is 1. The van der Waals surface area contributed by atoms with Gasteiger partial charge in [0.2, 0.25) is 0 Å². The highest BCUT2D eigenvalue weighted by atomic mass is 79.9. The Morgan fingerprint density at radius 3 is 2.71 bits per heavy atom. The number of nitrogens with two attached hydrogens (primary N) is 1. The topological polar surface area (TPSA) is 29.3 Å². The van der Waals surface area contributed by atoms with Gasteiger partial charge in [0.05, 0.1) is 6.04 Å². The monoisotopic (exact) mass is 316 g/mol. The van der Waals surface area contributed by atoms with Crippen molar-refractivity contribution in [3.05, 3.63) is 20.3 Å². The van der Waals surface area contributed by atoms with E-state index in [1.807, 2.05) is 11.3 Å². The first-order chi connectivity index (χ1) is 8.11. The fraction of sp³-hybridized carbons (Fsp3) is 0.692. The van der Waals surface area contributed by atoms with Gasteiger partial charge in [-0.15, -0.1) is 11.3 Å². The van der Waals surface area contributed by atoms with Crippen LogP contribution in [0.2, 0.25) is 0 Å². The summed E-state index contributed by atoms with van der Waals surface area (Å²) in [6.45, 7) is 4.05. The molecule has 17 heavy (non-hydrogen) atoms. The predicted molar refractivity (Wildman–Crippen MR) is 78.5 cm³/mol. The van der Waals surface area contributed by atoms with Gasteiger partial charge in [-0.1, -0.05) is 6.42 Å². The largest absolute Gasteiger partial charge is 0.329 e. The van der Waals surface area contributed by atoms with E-state index >= 15 is 0 Å². The normalized spacial score (nSPS) is 18.4. The van der Waals surface area contributed by atoms with E-state index < -0.39 is 0 Å². The molecule has 1 aliphatic carbocycles. The molecule has 1 atom stereocenters. The van der Waals surface area contributed by atoms with E-state index in [1.165, 1.54) is 40.0 Å². The second kappa shape index (κ2) is 5.83. The molecule has 1 unspecified atom stereocenters. The molecule has 1 saturated carbocycles. The summed E-state index contributed by atoms with van der Waals surface area (Å²) in [6, 6.07) is 2.61. The molecule has 2 rings (SSSR count). The van der Waals surface area contributed by atoms with Crippen LogP contribution in [-0.2, 0) is 0 Å². The van der Waals surface area contributed by atoms with Crippen molar-refractivity contribution in [2.75, 3.05) is 20.1 Å². The zero-order valence-electron chi connectivity index (χ0n) is 10.6. The summed E-state index contributed by atoms with van der Waals surface area (Å²) < 4.78 is 1.22. The van der Waals surface area contributed by atoms with Gasteiger partial charge in [0.15, 0.2) is 0 Å². The lowest BCUT2D eigenvalue weighted by Crippen LogP contribution is -2.35. The smallest absolute Gasteiger partial charge is 0.0562 e. The number of likely N-dealkylation sites (N-methyl/N-ethyl adjacent to an activating group) is 1. The van der Waals surface area contributed by atoms with E-state index in [1.54, 1.807) is 0 Å². The lowest BCUT2D eigenvalue weighted by molar-refractivity contribution is 0.166. The molecule has 0 aromatic carbocycles. The minimum atomic E-state index is 0.380. The molecule has 1 aliphatic rings. The molecule has 1 fully saturated rings. The first kappa shape index (κ1) is 13.5. The third-order valence-corrected chi connectivity index (χ3v) is 5.97.